The first-order valence-corrected chi connectivity index (χ1v) is 9.89. The lowest BCUT2D eigenvalue weighted by atomic mass is 10.1. The van der Waals surface area contributed by atoms with Crippen LogP contribution in [-0.4, -0.2) is 62.4 Å². The molecule has 26 heavy (non-hydrogen) atoms. The number of pyridine rings is 1. The van der Waals surface area contributed by atoms with Crippen LogP contribution in [0.5, 0.6) is 5.75 Å². The van der Waals surface area contributed by atoms with Crippen LogP contribution in [0.2, 0.25) is 0 Å². The van der Waals surface area contributed by atoms with E-state index < -0.39 is 0 Å². The molecule has 0 unspecified atom stereocenters. The molecule has 0 N–H and O–H groups in total. The van der Waals surface area contributed by atoms with E-state index in [0.717, 1.165) is 75.9 Å². The number of aryl methyl sites for hydroxylation is 1. The average molecular weight is 355 g/mol. The van der Waals surface area contributed by atoms with E-state index >= 15 is 0 Å². The lowest BCUT2D eigenvalue weighted by Crippen LogP contribution is -2.37. The van der Waals surface area contributed by atoms with Gasteiger partial charge in [0.2, 0.25) is 0 Å². The molecular weight excluding hydrogens is 326 g/mol. The molecule has 3 heterocycles. The number of ether oxygens (including phenoxy) is 2. The molecular formula is C21H29N3O2. The molecule has 1 aromatic heterocycles. The van der Waals surface area contributed by atoms with Crippen molar-refractivity contribution >= 4 is 16.6 Å². The Bertz CT molecular complexity index is 737. The third-order valence-electron chi connectivity index (χ3n) is 5.33. The number of anilines is 1. The van der Waals surface area contributed by atoms with Crippen LogP contribution in [0, 0.1) is 6.92 Å². The normalized spacial score (nSPS) is 18.6. The lowest BCUT2D eigenvalue weighted by molar-refractivity contribution is 0.0358. The summed E-state index contributed by atoms with van der Waals surface area (Å²) in [6, 6.07) is 8.58. The van der Waals surface area contributed by atoms with Gasteiger partial charge in [-0.15, -0.1) is 0 Å². The van der Waals surface area contributed by atoms with Gasteiger partial charge in [0.15, 0.2) is 0 Å². The Morgan fingerprint density at radius 2 is 1.88 bits per heavy atom. The molecule has 0 aliphatic carbocycles. The van der Waals surface area contributed by atoms with Crippen molar-refractivity contribution in [1.29, 1.82) is 0 Å². The molecule has 0 spiro atoms. The van der Waals surface area contributed by atoms with E-state index in [0.29, 0.717) is 0 Å². The van der Waals surface area contributed by atoms with Crippen molar-refractivity contribution in [3.05, 3.63) is 30.0 Å². The molecule has 0 saturated carbocycles. The zero-order chi connectivity index (χ0) is 17.8. The standard InChI is InChI=1S/C21H29N3O2/c1-17-15-21(24-8-2-3-9-24)19-6-5-18(16-20(19)22-17)26-12-4-7-23-10-13-25-14-11-23/h5-6,15-16H,2-4,7-14H2,1H3. The van der Waals surface area contributed by atoms with Gasteiger partial charge in [0, 0.05) is 55.6 Å². The van der Waals surface area contributed by atoms with Crippen LogP contribution in [0.25, 0.3) is 10.9 Å². The largest absolute Gasteiger partial charge is 0.493 e. The number of morpholine rings is 1. The van der Waals surface area contributed by atoms with Crippen molar-refractivity contribution in [2.75, 3.05) is 57.4 Å². The zero-order valence-electron chi connectivity index (χ0n) is 15.7. The number of hydrogen-bond donors (Lipinski definition) is 0. The fourth-order valence-corrected chi connectivity index (χ4v) is 3.93. The van der Waals surface area contributed by atoms with Crippen molar-refractivity contribution < 1.29 is 9.47 Å². The van der Waals surface area contributed by atoms with Gasteiger partial charge < -0.3 is 14.4 Å². The molecule has 0 atom stereocenters. The van der Waals surface area contributed by atoms with E-state index in [1.54, 1.807) is 0 Å². The van der Waals surface area contributed by atoms with Crippen LogP contribution in [0.15, 0.2) is 24.3 Å². The molecule has 5 nitrogen and oxygen atoms in total. The number of rotatable bonds is 6. The highest BCUT2D eigenvalue weighted by Crippen LogP contribution is 2.31. The van der Waals surface area contributed by atoms with E-state index in [2.05, 4.69) is 41.0 Å². The monoisotopic (exact) mass is 355 g/mol. The average Bonchev–Trinajstić information content (AvgIpc) is 3.20. The first kappa shape index (κ1) is 17.6. The van der Waals surface area contributed by atoms with Crippen LogP contribution in [0.3, 0.4) is 0 Å². The van der Waals surface area contributed by atoms with Gasteiger partial charge in [-0.1, -0.05) is 0 Å². The molecule has 140 valence electrons. The Balaban J connectivity index is 1.40. The van der Waals surface area contributed by atoms with Crippen molar-refractivity contribution in [1.82, 2.24) is 9.88 Å². The summed E-state index contributed by atoms with van der Waals surface area (Å²) in [6.07, 6.45) is 3.61. The molecule has 2 aliphatic rings. The highest BCUT2D eigenvalue weighted by molar-refractivity contribution is 5.93. The van der Waals surface area contributed by atoms with Crippen LogP contribution in [-0.2, 0) is 4.74 Å². The predicted molar refractivity (Wildman–Crippen MR) is 105 cm³/mol. The number of nitrogens with zero attached hydrogens (tertiary/aromatic N) is 3. The van der Waals surface area contributed by atoms with Crippen LogP contribution >= 0.6 is 0 Å². The molecule has 0 radical (unpaired) electrons. The number of benzene rings is 1. The molecule has 2 aliphatic heterocycles. The first-order valence-electron chi connectivity index (χ1n) is 9.89. The van der Waals surface area contributed by atoms with E-state index in [1.165, 1.54) is 23.9 Å². The van der Waals surface area contributed by atoms with Crippen LogP contribution in [0.4, 0.5) is 5.69 Å². The third-order valence-corrected chi connectivity index (χ3v) is 5.33. The van der Waals surface area contributed by atoms with Crippen molar-refractivity contribution in [2.45, 2.75) is 26.2 Å². The quantitative estimate of drug-likeness (QED) is 0.744. The molecule has 0 bridgehead atoms. The van der Waals surface area contributed by atoms with Gasteiger partial charge >= 0.3 is 0 Å². The van der Waals surface area contributed by atoms with E-state index in [-0.39, 0.29) is 0 Å². The summed E-state index contributed by atoms with van der Waals surface area (Å²) in [5.74, 6) is 0.921. The van der Waals surface area contributed by atoms with Gasteiger partial charge in [0.25, 0.3) is 0 Å². The van der Waals surface area contributed by atoms with Crippen molar-refractivity contribution in [3.63, 3.8) is 0 Å². The number of aromatic nitrogens is 1. The second-order valence-electron chi connectivity index (χ2n) is 7.31. The smallest absolute Gasteiger partial charge is 0.121 e. The summed E-state index contributed by atoms with van der Waals surface area (Å²) in [5.41, 5.74) is 3.44. The molecule has 5 heteroatoms. The van der Waals surface area contributed by atoms with E-state index in [4.69, 9.17) is 14.5 Å². The highest BCUT2D eigenvalue weighted by atomic mass is 16.5. The first-order chi connectivity index (χ1) is 12.8. The SMILES string of the molecule is Cc1cc(N2CCCC2)c2ccc(OCCCN3CCOCC3)cc2n1. The minimum Gasteiger partial charge on any atom is -0.493 e. The van der Waals surface area contributed by atoms with Crippen molar-refractivity contribution in [2.24, 2.45) is 0 Å². The Morgan fingerprint density at radius 1 is 1.08 bits per heavy atom. The van der Waals surface area contributed by atoms with Crippen molar-refractivity contribution in [3.8, 4) is 5.75 Å². The van der Waals surface area contributed by atoms with Gasteiger partial charge in [-0.3, -0.25) is 9.88 Å². The zero-order valence-corrected chi connectivity index (χ0v) is 15.7. The van der Waals surface area contributed by atoms with Gasteiger partial charge in [-0.25, -0.2) is 0 Å². The number of fused-ring (bicyclic) bond motifs is 1. The molecule has 2 saturated heterocycles. The molecule has 2 fully saturated rings. The Hall–Kier alpha value is -1.85. The second kappa shape index (κ2) is 8.23. The third kappa shape index (κ3) is 4.10. The summed E-state index contributed by atoms with van der Waals surface area (Å²) in [5, 5.41) is 1.23. The minimum atomic E-state index is 0.744. The van der Waals surface area contributed by atoms with Gasteiger partial charge in [-0.2, -0.15) is 0 Å². The predicted octanol–water partition coefficient (Wildman–Crippen LogP) is 3.24. The van der Waals surface area contributed by atoms with Gasteiger partial charge in [0.05, 0.1) is 25.3 Å². The summed E-state index contributed by atoms with van der Waals surface area (Å²) in [6.45, 7) is 10.00. The van der Waals surface area contributed by atoms with Crippen LogP contribution in [0.1, 0.15) is 25.0 Å². The topological polar surface area (TPSA) is 37.8 Å². The summed E-state index contributed by atoms with van der Waals surface area (Å²) < 4.78 is 11.4. The maximum Gasteiger partial charge on any atom is 0.121 e. The van der Waals surface area contributed by atoms with E-state index in [1.807, 2.05) is 0 Å². The van der Waals surface area contributed by atoms with Gasteiger partial charge in [-0.05, 0) is 44.4 Å². The molecule has 2 aromatic rings. The summed E-state index contributed by atoms with van der Waals surface area (Å²) in [4.78, 5) is 9.67. The highest BCUT2D eigenvalue weighted by Gasteiger charge is 2.16. The fraction of sp³-hybridized carbons (Fsp3) is 0.571. The lowest BCUT2D eigenvalue weighted by Gasteiger charge is -2.26. The Morgan fingerprint density at radius 3 is 2.69 bits per heavy atom. The molecule has 0 amide bonds. The van der Waals surface area contributed by atoms with Gasteiger partial charge in [0.1, 0.15) is 5.75 Å². The van der Waals surface area contributed by atoms with E-state index in [9.17, 15) is 0 Å². The summed E-state index contributed by atoms with van der Waals surface area (Å²) in [7, 11) is 0. The Labute approximate surface area is 155 Å². The maximum absolute atomic E-state index is 6.00. The second-order valence-corrected chi connectivity index (χ2v) is 7.31. The fourth-order valence-electron chi connectivity index (χ4n) is 3.93. The number of hydrogen-bond acceptors (Lipinski definition) is 5. The molecule has 4 rings (SSSR count). The maximum atomic E-state index is 6.00. The summed E-state index contributed by atoms with van der Waals surface area (Å²) >= 11 is 0. The van der Waals surface area contributed by atoms with Crippen LogP contribution < -0.4 is 9.64 Å². The minimum absolute atomic E-state index is 0.744. The Kier molecular flexibility index (Phi) is 5.56. The molecule has 1 aromatic carbocycles.